The van der Waals surface area contributed by atoms with Crippen molar-refractivity contribution >= 4 is 50.4 Å². The van der Waals surface area contributed by atoms with Crippen LogP contribution in [0, 0.1) is 0 Å². The molecule has 1 amide bonds. The zero-order valence-corrected chi connectivity index (χ0v) is 13.6. The monoisotopic (exact) mass is 361 g/mol. The van der Waals surface area contributed by atoms with E-state index in [-0.39, 0.29) is 11.9 Å². The van der Waals surface area contributed by atoms with E-state index in [1.807, 2.05) is 11.4 Å². The Bertz CT molecular complexity index is 469. The van der Waals surface area contributed by atoms with E-state index in [2.05, 4.69) is 26.1 Å². The molecule has 0 atom stereocenters. The van der Waals surface area contributed by atoms with Gasteiger partial charge in [-0.3, -0.25) is 9.69 Å². The van der Waals surface area contributed by atoms with Gasteiger partial charge in [0.2, 0.25) is 0 Å². The molecule has 3 N–H and O–H groups in total. The van der Waals surface area contributed by atoms with Crippen LogP contribution in [0.15, 0.2) is 15.2 Å². The van der Waals surface area contributed by atoms with Gasteiger partial charge in [-0.15, -0.1) is 11.3 Å². The van der Waals surface area contributed by atoms with Crippen molar-refractivity contribution in [2.45, 2.75) is 18.9 Å². The molecule has 19 heavy (non-hydrogen) atoms. The summed E-state index contributed by atoms with van der Waals surface area (Å²) in [6.07, 6.45) is 1.89. The van der Waals surface area contributed by atoms with E-state index in [1.54, 1.807) is 0 Å². The summed E-state index contributed by atoms with van der Waals surface area (Å²) in [7, 11) is 0. The van der Waals surface area contributed by atoms with E-state index < -0.39 is 0 Å². The molecule has 2 heterocycles. The third kappa shape index (κ3) is 4.52. The summed E-state index contributed by atoms with van der Waals surface area (Å²) in [6.45, 7) is 2.53. The van der Waals surface area contributed by atoms with Crippen LogP contribution in [-0.2, 0) is 0 Å². The number of piperidine rings is 1. The van der Waals surface area contributed by atoms with Crippen LogP contribution in [0.1, 0.15) is 23.2 Å². The predicted molar refractivity (Wildman–Crippen MR) is 85.7 cm³/mol. The molecule has 104 valence electrons. The average molecular weight is 362 g/mol. The molecule has 0 spiro atoms. The van der Waals surface area contributed by atoms with Crippen LogP contribution in [0.2, 0.25) is 0 Å². The first kappa shape index (κ1) is 14.9. The third-order valence-corrected chi connectivity index (χ3v) is 4.77. The summed E-state index contributed by atoms with van der Waals surface area (Å²) in [5.74, 6) is 0.00902. The topological polar surface area (TPSA) is 58.4 Å². The number of rotatable bonds is 4. The number of carbonyl (C=O) groups is 1. The van der Waals surface area contributed by atoms with Gasteiger partial charge in [0.1, 0.15) is 0 Å². The van der Waals surface area contributed by atoms with E-state index in [4.69, 9.17) is 18.0 Å². The van der Waals surface area contributed by atoms with Gasteiger partial charge in [0.05, 0.1) is 14.3 Å². The minimum Gasteiger partial charge on any atom is -0.392 e. The number of nitrogens with two attached hydrogens (primary N) is 1. The number of thiocarbonyl (C=S) groups is 1. The molecule has 4 nitrogen and oxygen atoms in total. The number of nitrogens with zero attached hydrogens (tertiary/aromatic N) is 1. The first-order chi connectivity index (χ1) is 9.04. The van der Waals surface area contributed by atoms with E-state index in [0.717, 1.165) is 35.3 Å². The number of amides is 1. The molecule has 0 aromatic carbocycles. The standard InChI is InChI=1S/C12H16BrN3OS2/c13-10-5-8(7-19-10)12(17)15-9-1-3-16(4-2-9)6-11(14)18/h5,7,9H,1-4,6H2,(H2,14,18)(H,15,17). The molecule has 1 fully saturated rings. The fourth-order valence-corrected chi connectivity index (χ4v) is 3.47. The highest BCUT2D eigenvalue weighted by molar-refractivity contribution is 9.11. The Labute approximate surface area is 130 Å². The van der Waals surface area contributed by atoms with Crippen molar-refractivity contribution in [1.29, 1.82) is 0 Å². The van der Waals surface area contributed by atoms with E-state index in [0.29, 0.717) is 11.5 Å². The third-order valence-electron chi connectivity index (χ3n) is 3.13. The normalized spacial score (nSPS) is 17.3. The molecule has 0 bridgehead atoms. The maximum absolute atomic E-state index is 12.0. The zero-order valence-electron chi connectivity index (χ0n) is 10.4. The van der Waals surface area contributed by atoms with Crippen molar-refractivity contribution in [3.63, 3.8) is 0 Å². The van der Waals surface area contributed by atoms with Crippen LogP contribution >= 0.6 is 39.5 Å². The lowest BCUT2D eigenvalue weighted by Gasteiger charge is -2.31. The number of likely N-dealkylation sites (tertiary alicyclic amines) is 1. The lowest BCUT2D eigenvalue weighted by molar-refractivity contribution is 0.0915. The number of carbonyl (C=O) groups excluding carboxylic acids is 1. The summed E-state index contributed by atoms with van der Waals surface area (Å²) in [4.78, 5) is 14.8. The predicted octanol–water partition coefficient (Wildman–Crippen LogP) is 1.99. The van der Waals surface area contributed by atoms with Gasteiger partial charge in [-0.05, 0) is 34.8 Å². The Hall–Kier alpha value is -0.500. The highest BCUT2D eigenvalue weighted by Gasteiger charge is 2.21. The van der Waals surface area contributed by atoms with Crippen molar-refractivity contribution in [3.05, 3.63) is 20.8 Å². The second-order valence-electron chi connectivity index (χ2n) is 4.63. The summed E-state index contributed by atoms with van der Waals surface area (Å²) in [5, 5.41) is 4.94. The van der Waals surface area contributed by atoms with Crippen LogP contribution in [-0.4, -0.2) is 41.5 Å². The molecule has 0 saturated carbocycles. The first-order valence-corrected chi connectivity index (χ1v) is 8.18. The second-order valence-corrected chi connectivity index (χ2v) is 7.44. The van der Waals surface area contributed by atoms with Crippen LogP contribution in [0.4, 0.5) is 0 Å². The van der Waals surface area contributed by atoms with Crippen molar-refractivity contribution in [3.8, 4) is 0 Å². The minimum absolute atomic E-state index is 0.00902. The quantitative estimate of drug-likeness (QED) is 0.805. The van der Waals surface area contributed by atoms with Gasteiger partial charge in [0.15, 0.2) is 0 Å². The number of hydrogen-bond acceptors (Lipinski definition) is 4. The summed E-state index contributed by atoms with van der Waals surface area (Å²) < 4.78 is 0.976. The lowest BCUT2D eigenvalue weighted by atomic mass is 10.0. The molecular weight excluding hydrogens is 346 g/mol. The number of hydrogen-bond donors (Lipinski definition) is 2. The van der Waals surface area contributed by atoms with Gasteiger partial charge in [0.25, 0.3) is 5.91 Å². The Morgan fingerprint density at radius 2 is 2.26 bits per heavy atom. The smallest absolute Gasteiger partial charge is 0.252 e. The number of thiophene rings is 1. The van der Waals surface area contributed by atoms with Crippen molar-refractivity contribution in [2.75, 3.05) is 19.6 Å². The molecular formula is C12H16BrN3OS2. The van der Waals surface area contributed by atoms with Gasteiger partial charge in [0, 0.05) is 31.1 Å². The highest BCUT2D eigenvalue weighted by Crippen LogP contribution is 2.21. The number of halogens is 1. The molecule has 0 unspecified atom stereocenters. The van der Waals surface area contributed by atoms with Crippen LogP contribution < -0.4 is 11.1 Å². The van der Waals surface area contributed by atoms with Gasteiger partial charge in [-0.2, -0.15) is 0 Å². The SMILES string of the molecule is NC(=S)CN1CCC(NC(=O)c2csc(Br)c2)CC1. The molecule has 1 saturated heterocycles. The molecule has 1 aromatic heterocycles. The van der Waals surface area contributed by atoms with Crippen molar-refractivity contribution < 1.29 is 4.79 Å². The van der Waals surface area contributed by atoms with Gasteiger partial charge < -0.3 is 11.1 Å². The lowest BCUT2D eigenvalue weighted by Crippen LogP contribution is -2.46. The first-order valence-electron chi connectivity index (χ1n) is 6.10. The Morgan fingerprint density at radius 1 is 1.58 bits per heavy atom. The average Bonchev–Trinajstić information content (AvgIpc) is 2.78. The fraction of sp³-hybridized carbons (Fsp3) is 0.500. The van der Waals surface area contributed by atoms with Crippen molar-refractivity contribution in [2.24, 2.45) is 5.73 Å². The molecule has 1 aliphatic heterocycles. The maximum Gasteiger partial charge on any atom is 0.252 e. The summed E-state index contributed by atoms with van der Waals surface area (Å²) in [5.41, 5.74) is 6.26. The summed E-state index contributed by atoms with van der Waals surface area (Å²) >= 11 is 9.79. The maximum atomic E-state index is 12.0. The minimum atomic E-state index is 0.00902. The Kier molecular flexibility index (Phi) is 5.32. The van der Waals surface area contributed by atoms with Gasteiger partial charge in [-0.25, -0.2) is 0 Å². The highest BCUT2D eigenvalue weighted by atomic mass is 79.9. The van der Waals surface area contributed by atoms with E-state index >= 15 is 0 Å². The van der Waals surface area contributed by atoms with E-state index in [9.17, 15) is 4.79 Å². The zero-order chi connectivity index (χ0) is 13.8. The van der Waals surface area contributed by atoms with Crippen LogP contribution in [0.25, 0.3) is 0 Å². The molecule has 1 aliphatic rings. The van der Waals surface area contributed by atoms with Gasteiger partial charge in [-0.1, -0.05) is 12.2 Å². The van der Waals surface area contributed by atoms with Crippen LogP contribution in [0.3, 0.4) is 0 Å². The molecule has 0 aliphatic carbocycles. The molecule has 1 aromatic rings. The molecule has 7 heteroatoms. The second kappa shape index (κ2) is 6.78. The van der Waals surface area contributed by atoms with Crippen LogP contribution in [0.5, 0.6) is 0 Å². The molecule has 0 radical (unpaired) electrons. The van der Waals surface area contributed by atoms with Gasteiger partial charge >= 0.3 is 0 Å². The summed E-state index contributed by atoms with van der Waals surface area (Å²) in [6, 6.07) is 2.09. The Balaban J connectivity index is 1.79. The van der Waals surface area contributed by atoms with E-state index in [1.165, 1.54) is 11.3 Å². The Morgan fingerprint density at radius 3 is 2.79 bits per heavy atom. The van der Waals surface area contributed by atoms with Crippen molar-refractivity contribution in [1.82, 2.24) is 10.2 Å². The largest absolute Gasteiger partial charge is 0.392 e. The molecule has 2 rings (SSSR count). The fourth-order valence-electron chi connectivity index (χ4n) is 2.15. The number of nitrogens with one attached hydrogen (secondary N) is 1.